The molecule has 5 nitrogen and oxygen atoms in total. The number of benzene rings is 2. The van der Waals surface area contributed by atoms with Crippen molar-refractivity contribution in [3.63, 3.8) is 0 Å². The number of aryl methyl sites for hydroxylation is 2. The van der Waals surface area contributed by atoms with Crippen LogP contribution in [-0.4, -0.2) is 23.6 Å². The zero-order valence-corrected chi connectivity index (χ0v) is 16.5. The van der Waals surface area contributed by atoms with Crippen molar-refractivity contribution in [3.8, 4) is 0 Å². The molecule has 0 spiro atoms. The van der Waals surface area contributed by atoms with Gasteiger partial charge >= 0.3 is 5.97 Å². The van der Waals surface area contributed by atoms with Crippen molar-refractivity contribution in [3.05, 3.63) is 64.0 Å². The number of rotatable bonds is 5. The molecular formula is C21H22N2O3S. The van der Waals surface area contributed by atoms with Crippen LogP contribution in [0.15, 0.2) is 47.5 Å². The van der Waals surface area contributed by atoms with E-state index < -0.39 is 0 Å². The van der Waals surface area contributed by atoms with Crippen molar-refractivity contribution >= 4 is 33.4 Å². The molecule has 2 aromatic carbocycles. The van der Waals surface area contributed by atoms with Crippen LogP contribution in [0.5, 0.6) is 0 Å². The van der Waals surface area contributed by atoms with E-state index >= 15 is 0 Å². The second-order valence-corrected chi connectivity index (χ2v) is 7.38. The van der Waals surface area contributed by atoms with Crippen LogP contribution in [0.4, 0.5) is 0 Å². The van der Waals surface area contributed by atoms with Gasteiger partial charge in [0.25, 0.3) is 5.91 Å². The molecule has 0 bridgehead atoms. The summed E-state index contributed by atoms with van der Waals surface area (Å²) in [7, 11) is 1.35. The van der Waals surface area contributed by atoms with Gasteiger partial charge in [0.15, 0.2) is 4.80 Å². The van der Waals surface area contributed by atoms with E-state index in [4.69, 9.17) is 4.74 Å². The van der Waals surface area contributed by atoms with Crippen LogP contribution in [0.3, 0.4) is 0 Å². The van der Waals surface area contributed by atoms with Gasteiger partial charge in [-0.25, -0.2) is 0 Å². The molecule has 3 aromatic rings. The van der Waals surface area contributed by atoms with E-state index in [9.17, 15) is 9.59 Å². The Morgan fingerprint density at radius 2 is 1.81 bits per heavy atom. The lowest BCUT2D eigenvalue weighted by Gasteiger charge is -2.04. The normalized spacial score (nSPS) is 11.7. The number of thiazole rings is 1. The molecule has 6 heteroatoms. The van der Waals surface area contributed by atoms with Crippen LogP contribution >= 0.6 is 11.3 Å². The highest BCUT2D eigenvalue weighted by atomic mass is 32.1. The quantitative estimate of drug-likeness (QED) is 0.635. The van der Waals surface area contributed by atoms with Gasteiger partial charge in [-0.2, -0.15) is 4.99 Å². The van der Waals surface area contributed by atoms with Gasteiger partial charge in [-0.15, -0.1) is 0 Å². The van der Waals surface area contributed by atoms with Crippen LogP contribution in [0, 0.1) is 6.92 Å². The first kappa shape index (κ1) is 19.0. The van der Waals surface area contributed by atoms with Crippen LogP contribution < -0.4 is 4.80 Å². The van der Waals surface area contributed by atoms with Crippen LogP contribution in [0.25, 0.3) is 10.2 Å². The topological polar surface area (TPSA) is 60.7 Å². The highest BCUT2D eigenvalue weighted by Gasteiger charge is 2.12. The first-order valence-corrected chi connectivity index (χ1v) is 9.64. The molecule has 0 N–H and O–H groups in total. The fourth-order valence-electron chi connectivity index (χ4n) is 2.83. The fraction of sp³-hybridized carbons (Fsp3) is 0.286. The third-order valence-corrected chi connectivity index (χ3v) is 5.40. The zero-order valence-electron chi connectivity index (χ0n) is 15.7. The maximum atomic E-state index is 12.5. The Kier molecular flexibility index (Phi) is 5.86. The average molecular weight is 382 g/mol. The number of hydrogen-bond donors (Lipinski definition) is 0. The third kappa shape index (κ3) is 4.52. The number of carbonyl (C=O) groups excluding carboxylic acids is 2. The molecule has 0 aliphatic carbocycles. The summed E-state index contributed by atoms with van der Waals surface area (Å²) in [6.07, 6.45) is 1.20. The monoisotopic (exact) mass is 382 g/mol. The van der Waals surface area contributed by atoms with Crippen LogP contribution in [0.1, 0.15) is 23.6 Å². The molecule has 1 amide bonds. The Morgan fingerprint density at radius 1 is 1.11 bits per heavy atom. The number of carbonyl (C=O) groups is 2. The van der Waals surface area contributed by atoms with E-state index in [0.29, 0.717) is 4.80 Å². The van der Waals surface area contributed by atoms with E-state index in [-0.39, 0.29) is 24.8 Å². The number of fused-ring (bicyclic) bond motifs is 1. The lowest BCUT2D eigenvalue weighted by Crippen LogP contribution is -2.22. The maximum Gasteiger partial charge on any atom is 0.325 e. The highest BCUT2D eigenvalue weighted by Crippen LogP contribution is 2.19. The van der Waals surface area contributed by atoms with Gasteiger partial charge in [0.05, 0.1) is 23.7 Å². The Hall–Kier alpha value is -2.73. The predicted molar refractivity (Wildman–Crippen MR) is 107 cm³/mol. The first-order valence-electron chi connectivity index (χ1n) is 8.82. The van der Waals surface area contributed by atoms with Gasteiger partial charge in [0.1, 0.15) is 6.54 Å². The minimum atomic E-state index is -0.376. The van der Waals surface area contributed by atoms with Gasteiger partial charge in [-0.1, -0.05) is 48.6 Å². The number of nitrogens with zero attached hydrogens (tertiary/aromatic N) is 2. The molecule has 0 unspecified atom stereocenters. The van der Waals surface area contributed by atoms with Gasteiger partial charge in [-0.05, 0) is 42.2 Å². The van der Waals surface area contributed by atoms with Crippen molar-refractivity contribution < 1.29 is 14.3 Å². The predicted octanol–water partition coefficient (Wildman–Crippen LogP) is 3.42. The molecular weight excluding hydrogens is 360 g/mol. The fourth-order valence-corrected chi connectivity index (χ4v) is 3.97. The second-order valence-electron chi connectivity index (χ2n) is 6.37. The molecule has 0 atom stereocenters. The number of methoxy groups -OCH3 is 1. The van der Waals surface area contributed by atoms with Crippen molar-refractivity contribution in [2.45, 2.75) is 33.2 Å². The Morgan fingerprint density at radius 3 is 2.48 bits per heavy atom. The lowest BCUT2D eigenvalue weighted by molar-refractivity contribution is -0.141. The number of esters is 1. The molecule has 0 saturated carbocycles. The second kappa shape index (κ2) is 8.31. The molecule has 140 valence electrons. The molecule has 27 heavy (non-hydrogen) atoms. The van der Waals surface area contributed by atoms with Crippen molar-refractivity contribution in [2.24, 2.45) is 4.99 Å². The molecule has 0 radical (unpaired) electrons. The molecule has 0 saturated heterocycles. The molecule has 0 aliphatic heterocycles. The molecule has 3 rings (SSSR count). The standard InChI is InChI=1S/C21H22N2O3S/c1-4-15-6-8-16(9-7-15)12-19(24)22-21-23(13-20(25)26-3)17-10-5-14(2)11-18(17)27-21/h5-11H,4,12-13H2,1-3H3. The van der Waals surface area contributed by atoms with E-state index in [1.165, 1.54) is 24.0 Å². The minimum Gasteiger partial charge on any atom is -0.468 e. The SMILES string of the molecule is CCc1ccc(CC(=O)N=c2sc3cc(C)ccc3n2CC(=O)OC)cc1. The summed E-state index contributed by atoms with van der Waals surface area (Å²) in [6, 6.07) is 13.9. The smallest absolute Gasteiger partial charge is 0.325 e. The summed E-state index contributed by atoms with van der Waals surface area (Å²) < 4.78 is 7.52. The summed E-state index contributed by atoms with van der Waals surface area (Å²) in [5.74, 6) is -0.611. The summed E-state index contributed by atoms with van der Waals surface area (Å²) in [5, 5.41) is 0. The summed E-state index contributed by atoms with van der Waals surface area (Å²) in [6.45, 7) is 4.13. The van der Waals surface area contributed by atoms with E-state index in [0.717, 1.165) is 27.8 Å². The maximum absolute atomic E-state index is 12.5. The Balaban J connectivity index is 1.96. The lowest BCUT2D eigenvalue weighted by atomic mass is 10.1. The Bertz CT molecular complexity index is 1050. The van der Waals surface area contributed by atoms with Gasteiger partial charge < -0.3 is 9.30 Å². The van der Waals surface area contributed by atoms with E-state index in [2.05, 4.69) is 11.9 Å². The largest absolute Gasteiger partial charge is 0.468 e. The molecule has 0 aliphatic rings. The number of ether oxygens (including phenoxy) is 1. The number of amides is 1. The van der Waals surface area contributed by atoms with E-state index in [1.807, 2.05) is 49.4 Å². The van der Waals surface area contributed by atoms with Gasteiger partial charge in [0.2, 0.25) is 0 Å². The summed E-state index contributed by atoms with van der Waals surface area (Å²) >= 11 is 1.40. The summed E-state index contributed by atoms with van der Waals surface area (Å²) in [4.78, 5) is 29.1. The van der Waals surface area contributed by atoms with E-state index in [1.54, 1.807) is 4.57 Å². The van der Waals surface area contributed by atoms with Crippen molar-refractivity contribution in [1.82, 2.24) is 4.57 Å². The van der Waals surface area contributed by atoms with Gasteiger partial charge in [-0.3, -0.25) is 9.59 Å². The van der Waals surface area contributed by atoms with Crippen LogP contribution in [-0.2, 0) is 33.7 Å². The average Bonchev–Trinajstić information content (AvgIpc) is 2.98. The molecule has 1 aromatic heterocycles. The number of aromatic nitrogens is 1. The minimum absolute atomic E-state index is 0.0247. The molecule has 0 fully saturated rings. The van der Waals surface area contributed by atoms with Crippen LogP contribution in [0.2, 0.25) is 0 Å². The van der Waals surface area contributed by atoms with Crippen molar-refractivity contribution in [2.75, 3.05) is 7.11 Å². The first-order chi connectivity index (χ1) is 13.0. The molecule has 1 heterocycles. The van der Waals surface area contributed by atoms with Gasteiger partial charge in [0, 0.05) is 0 Å². The summed E-state index contributed by atoms with van der Waals surface area (Å²) in [5.41, 5.74) is 4.15. The highest BCUT2D eigenvalue weighted by molar-refractivity contribution is 7.16. The third-order valence-electron chi connectivity index (χ3n) is 4.36. The zero-order chi connectivity index (χ0) is 19.4. The number of hydrogen-bond acceptors (Lipinski definition) is 4. The van der Waals surface area contributed by atoms with Crippen molar-refractivity contribution in [1.29, 1.82) is 0 Å². The Labute approximate surface area is 161 Å².